The van der Waals surface area contributed by atoms with Crippen molar-refractivity contribution in [1.29, 1.82) is 0 Å². The Morgan fingerprint density at radius 3 is 1.93 bits per heavy atom. The summed E-state index contributed by atoms with van der Waals surface area (Å²) in [7, 11) is 0. The molecule has 1 amide bonds. The van der Waals surface area contributed by atoms with Crippen LogP contribution in [-0.4, -0.2) is 19.0 Å². The van der Waals surface area contributed by atoms with Crippen molar-refractivity contribution < 1.29 is 4.79 Å². The van der Waals surface area contributed by atoms with E-state index in [1.165, 1.54) is 11.1 Å². The van der Waals surface area contributed by atoms with Gasteiger partial charge >= 0.3 is 0 Å². The number of hydrogen-bond acceptors (Lipinski definition) is 2. The van der Waals surface area contributed by atoms with Gasteiger partial charge in [-0.2, -0.15) is 0 Å². The van der Waals surface area contributed by atoms with E-state index in [4.69, 9.17) is 0 Å². The molecule has 2 atom stereocenters. The van der Waals surface area contributed by atoms with Crippen molar-refractivity contribution in [2.24, 2.45) is 0 Å². The smallest absolute Gasteiger partial charge is 0.234 e. The standard InChI is InChI=1S/C25H28N2O/c1-19-13-15-23(16-14-19)25(22-11-7-4-8-12-22)27-18-24(28)26-17-20(2)21-9-5-3-6-10-21/h3-16,20,25,27H,17-18H2,1-2H3,(H,26,28)/t20-,25+/m0/s1. The number of amides is 1. The van der Waals surface area contributed by atoms with Gasteiger partial charge in [0.1, 0.15) is 0 Å². The van der Waals surface area contributed by atoms with E-state index in [1.807, 2.05) is 36.4 Å². The topological polar surface area (TPSA) is 41.1 Å². The van der Waals surface area contributed by atoms with Gasteiger partial charge < -0.3 is 5.32 Å². The SMILES string of the molecule is Cc1ccc([C@H](NCC(=O)NC[C@H](C)c2ccccc2)c2ccccc2)cc1. The summed E-state index contributed by atoms with van der Waals surface area (Å²) in [6.45, 7) is 5.11. The number of benzene rings is 3. The molecule has 2 N–H and O–H groups in total. The molecule has 0 aromatic heterocycles. The van der Waals surface area contributed by atoms with Crippen molar-refractivity contribution in [2.75, 3.05) is 13.1 Å². The van der Waals surface area contributed by atoms with Gasteiger partial charge in [-0.1, -0.05) is 97.4 Å². The lowest BCUT2D eigenvalue weighted by Gasteiger charge is -2.20. The lowest BCUT2D eigenvalue weighted by atomic mass is 9.98. The van der Waals surface area contributed by atoms with Crippen LogP contribution in [0.3, 0.4) is 0 Å². The second-order valence-electron chi connectivity index (χ2n) is 7.25. The summed E-state index contributed by atoms with van der Waals surface area (Å²) in [6, 6.07) is 28.9. The minimum atomic E-state index is -0.0147. The first kappa shape index (κ1) is 19.8. The third kappa shape index (κ3) is 5.54. The molecule has 144 valence electrons. The molecular formula is C25H28N2O. The van der Waals surface area contributed by atoms with E-state index in [0.29, 0.717) is 6.54 Å². The summed E-state index contributed by atoms with van der Waals surface area (Å²) >= 11 is 0. The average molecular weight is 373 g/mol. The number of aryl methyl sites for hydroxylation is 1. The summed E-state index contributed by atoms with van der Waals surface area (Å²) in [6.07, 6.45) is 0. The van der Waals surface area contributed by atoms with Gasteiger partial charge in [0.15, 0.2) is 0 Å². The minimum absolute atomic E-state index is 0.0100. The van der Waals surface area contributed by atoms with Gasteiger partial charge in [0, 0.05) is 6.54 Å². The highest BCUT2D eigenvalue weighted by molar-refractivity contribution is 5.78. The van der Waals surface area contributed by atoms with Crippen molar-refractivity contribution >= 4 is 5.91 Å². The summed E-state index contributed by atoms with van der Waals surface area (Å²) < 4.78 is 0. The van der Waals surface area contributed by atoms with Crippen LogP contribution in [0.15, 0.2) is 84.9 Å². The van der Waals surface area contributed by atoms with Crippen LogP contribution in [0.5, 0.6) is 0 Å². The molecule has 3 nitrogen and oxygen atoms in total. The number of rotatable bonds is 8. The predicted molar refractivity (Wildman–Crippen MR) is 115 cm³/mol. The van der Waals surface area contributed by atoms with E-state index in [0.717, 1.165) is 11.1 Å². The fourth-order valence-corrected chi connectivity index (χ4v) is 3.26. The van der Waals surface area contributed by atoms with Crippen molar-refractivity contribution in [3.05, 3.63) is 107 Å². The maximum Gasteiger partial charge on any atom is 0.234 e. The Morgan fingerprint density at radius 2 is 1.32 bits per heavy atom. The predicted octanol–water partition coefficient (Wildman–Crippen LogP) is 4.59. The van der Waals surface area contributed by atoms with Gasteiger partial charge in [-0.25, -0.2) is 0 Å². The van der Waals surface area contributed by atoms with Crippen LogP contribution >= 0.6 is 0 Å². The first-order valence-electron chi connectivity index (χ1n) is 9.80. The van der Waals surface area contributed by atoms with Crippen molar-refractivity contribution in [1.82, 2.24) is 10.6 Å². The second kappa shape index (κ2) is 9.86. The van der Waals surface area contributed by atoms with Crippen molar-refractivity contribution in [3.8, 4) is 0 Å². The molecular weight excluding hydrogens is 344 g/mol. The first-order valence-corrected chi connectivity index (χ1v) is 9.80. The molecule has 28 heavy (non-hydrogen) atoms. The van der Waals surface area contributed by atoms with Crippen LogP contribution in [0.2, 0.25) is 0 Å². The molecule has 0 heterocycles. The van der Waals surface area contributed by atoms with Gasteiger partial charge in [-0.3, -0.25) is 10.1 Å². The highest BCUT2D eigenvalue weighted by Crippen LogP contribution is 2.22. The zero-order valence-corrected chi connectivity index (χ0v) is 16.6. The Labute approximate surface area is 167 Å². The lowest BCUT2D eigenvalue weighted by Crippen LogP contribution is -2.37. The maximum absolute atomic E-state index is 12.4. The molecule has 0 aliphatic heterocycles. The van der Waals surface area contributed by atoms with E-state index >= 15 is 0 Å². The van der Waals surface area contributed by atoms with E-state index in [9.17, 15) is 4.79 Å². The maximum atomic E-state index is 12.4. The van der Waals surface area contributed by atoms with Crippen molar-refractivity contribution in [3.63, 3.8) is 0 Å². The van der Waals surface area contributed by atoms with Crippen LogP contribution in [-0.2, 0) is 4.79 Å². The molecule has 3 aromatic carbocycles. The molecule has 0 saturated carbocycles. The third-order valence-corrected chi connectivity index (χ3v) is 4.98. The van der Waals surface area contributed by atoms with Crippen LogP contribution < -0.4 is 10.6 Å². The minimum Gasteiger partial charge on any atom is -0.354 e. The largest absolute Gasteiger partial charge is 0.354 e. The first-order chi connectivity index (χ1) is 13.6. The number of carbonyl (C=O) groups is 1. The zero-order chi connectivity index (χ0) is 19.8. The van der Waals surface area contributed by atoms with Crippen LogP contribution in [0.4, 0.5) is 0 Å². The van der Waals surface area contributed by atoms with Gasteiger partial charge in [-0.05, 0) is 29.5 Å². The Hall–Kier alpha value is -2.91. The van der Waals surface area contributed by atoms with E-state index in [-0.39, 0.29) is 24.4 Å². The molecule has 0 aliphatic carbocycles. The van der Waals surface area contributed by atoms with E-state index in [1.54, 1.807) is 0 Å². The van der Waals surface area contributed by atoms with Crippen molar-refractivity contribution in [2.45, 2.75) is 25.8 Å². The third-order valence-electron chi connectivity index (χ3n) is 4.98. The molecule has 0 aliphatic rings. The number of carbonyl (C=O) groups excluding carboxylic acids is 1. The van der Waals surface area contributed by atoms with E-state index < -0.39 is 0 Å². The molecule has 0 fully saturated rings. The average Bonchev–Trinajstić information content (AvgIpc) is 2.75. The summed E-state index contributed by atoms with van der Waals surface area (Å²) in [4.78, 5) is 12.4. The Balaban J connectivity index is 1.60. The van der Waals surface area contributed by atoms with Crippen LogP contribution in [0, 0.1) is 6.92 Å². The van der Waals surface area contributed by atoms with Gasteiger partial charge in [0.2, 0.25) is 5.91 Å². The molecule has 0 unspecified atom stereocenters. The summed E-state index contributed by atoms with van der Waals surface area (Å²) in [5.74, 6) is 0.294. The second-order valence-corrected chi connectivity index (χ2v) is 7.25. The number of nitrogens with one attached hydrogen (secondary N) is 2. The molecule has 0 spiro atoms. The molecule has 3 aromatic rings. The van der Waals surface area contributed by atoms with Crippen LogP contribution in [0.25, 0.3) is 0 Å². The van der Waals surface area contributed by atoms with E-state index in [2.05, 4.69) is 73.0 Å². The van der Waals surface area contributed by atoms with Gasteiger partial charge in [-0.15, -0.1) is 0 Å². The van der Waals surface area contributed by atoms with Gasteiger partial charge in [0.05, 0.1) is 12.6 Å². The lowest BCUT2D eigenvalue weighted by molar-refractivity contribution is -0.120. The fourth-order valence-electron chi connectivity index (χ4n) is 3.26. The molecule has 0 bridgehead atoms. The highest BCUT2D eigenvalue weighted by atomic mass is 16.1. The Morgan fingerprint density at radius 1 is 0.786 bits per heavy atom. The molecule has 0 saturated heterocycles. The number of hydrogen-bond donors (Lipinski definition) is 2. The monoisotopic (exact) mass is 372 g/mol. The summed E-state index contributed by atoms with van der Waals surface area (Å²) in [5, 5.41) is 6.47. The molecule has 3 heteroatoms. The molecule has 3 rings (SSSR count). The quantitative estimate of drug-likeness (QED) is 0.607. The highest BCUT2D eigenvalue weighted by Gasteiger charge is 2.15. The van der Waals surface area contributed by atoms with Gasteiger partial charge in [0.25, 0.3) is 0 Å². The fraction of sp³-hybridized carbons (Fsp3) is 0.240. The Bertz CT molecular complexity index is 860. The summed E-state index contributed by atoms with van der Waals surface area (Å²) in [5.41, 5.74) is 4.76. The zero-order valence-electron chi connectivity index (χ0n) is 16.6. The normalized spacial score (nSPS) is 12.9. The Kier molecular flexibility index (Phi) is 6.99. The van der Waals surface area contributed by atoms with Crippen LogP contribution in [0.1, 0.15) is 41.1 Å². The molecule has 0 radical (unpaired) electrons.